The van der Waals surface area contributed by atoms with Crippen LogP contribution < -0.4 is 5.32 Å². The van der Waals surface area contributed by atoms with Crippen LogP contribution in [0.4, 0.5) is 17.6 Å². The predicted molar refractivity (Wildman–Crippen MR) is 51.1 cm³/mol. The summed E-state index contributed by atoms with van der Waals surface area (Å²) in [6.45, 7) is 1.34. The van der Waals surface area contributed by atoms with Gasteiger partial charge in [0.05, 0.1) is 19.3 Å². The second-order valence-electron chi connectivity index (χ2n) is 3.29. The van der Waals surface area contributed by atoms with Gasteiger partial charge >= 0.3 is 12.3 Å². The van der Waals surface area contributed by atoms with Gasteiger partial charge in [-0.3, -0.25) is 0 Å². The molecule has 98 valence electrons. The number of methoxy groups -OCH3 is 1. The summed E-state index contributed by atoms with van der Waals surface area (Å²) in [5.41, 5.74) is 0. The van der Waals surface area contributed by atoms with E-state index >= 15 is 0 Å². The lowest BCUT2D eigenvalue weighted by Crippen LogP contribution is -2.40. The van der Waals surface area contributed by atoms with Gasteiger partial charge in [-0.15, -0.1) is 0 Å². The normalized spacial score (nSPS) is 14.4. The molecule has 0 amide bonds. The van der Waals surface area contributed by atoms with Gasteiger partial charge in [-0.05, 0) is 6.54 Å². The Morgan fingerprint density at radius 1 is 1.25 bits per heavy atom. The highest BCUT2D eigenvalue weighted by atomic mass is 19.3. The average molecular weight is 247 g/mol. The number of alkyl halides is 4. The van der Waals surface area contributed by atoms with E-state index in [1.165, 1.54) is 7.11 Å². The van der Waals surface area contributed by atoms with Gasteiger partial charge in [0.15, 0.2) is 0 Å². The van der Waals surface area contributed by atoms with Gasteiger partial charge in [0, 0.05) is 7.11 Å². The van der Waals surface area contributed by atoms with Crippen molar-refractivity contribution in [1.82, 2.24) is 5.32 Å². The molecule has 0 saturated heterocycles. The van der Waals surface area contributed by atoms with E-state index in [2.05, 4.69) is 10.1 Å². The van der Waals surface area contributed by atoms with Crippen molar-refractivity contribution in [2.45, 2.75) is 25.3 Å². The Kier molecular flexibility index (Phi) is 7.61. The zero-order valence-corrected chi connectivity index (χ0v) is 9.31. The molecule has 1 N–H and O–H groups in total. The van der Waals surface area contributed by atoms with Crippen LogP contribution in [0.2, 0.25) is 0 Å². The lowest BCUT2D eigenvalue weighted by molar-refractivity contribution is -0.167. The fourth-order valence-corrected chi connectivity index (χ4v) is 1.06. The van der Waals surface area contributed by atoms with Gasteiger partial charge in [-0.2, -0.15) is 8.78 Å². The van der Waals surface area contributed by atoms with Crippen LogP contribution in [-0.4, -0.2) is 51.9 Å². The van der Waals surface area contributed by atoms with E-state index in [0.29, 0.717) is 6.54 Å². The zero-order valence-electron chi connectivity index (χ0n) is 9.31. The predicted octanol–water partition coefficient (Wildman–Crippen LogP) is 1.53. The van der Waals surface area contributed by atoms with Crippen molar-refractivity contribution < 1.29 is 27.0 Å². The van der Waals surface area contributed by atoms with E-state index in [1.54, 1.807) is 0 Å². The van der Waals surface area contributed by atoms with Crippen LogP contribution in [0, 0.1) is 0 Å². The number of likely N-dealkylation sites (N-methyl/N-ethyl adjacent to an activating group) is 1. The Balaban J connectivity index is 3.84. The van der Waals surface area contributed by atoms with Gasteiger partial charge in [-0.1, -0.05) is 6.92 Å². The molecule has 0 spiro atoms. The molecular formula is C9H17F4NO2. The van der Waals surface area contributed by atoms with Crippen molar-refractivity contribution >= 4 is 0 Å². The monoisotopic (exact) mass is 247 g/mol. The molecule has 0 fully saturated rings. The highest BCUT2D eigenvalue weighted by Crippen LogP contribution is 2.22. The van der Waals surface area contributed by atoms with E-state index in [4.69, 9.17) is 4.74 Å². The zero-order chi connectivity index (χ0) is 12.6. The topological polar surface area (TPSA) is 30.5 Å². The highest BCUT2D eigenvalue weighted by Gasteiger charge is 2.41. The van der Waals surface area contributed by atoms with Crippen molar-refractivity contribution in [3.05, 3.63) is 0 Å². The minimum Gasteiger partial charge on any atom is -0.383 e. The molecule has 0 radical (unpaired) electrons. The fourth-order valence-electron chi connectivity index (χ4n) is 1.06. The minimum absolute atomic E-state index is 0.0933. The molecule has 0 aromatic rings. The van der Waals surface area contributed by atoms with Gasteiger partial charge in [0.25, 0.3) is 0 Å². The SMILES string of the molecule is CCNC(COC)COCC(F)(F)C(F)F. The Labute approximate surface area is 92.1 Å². The largest absolute Gasteiger partial charge is 0.383 e. The second kappa shape index (κ2) is 7.81. The maximum absolute atomic E-state index is 12.4. The Hall–Kier alpha value is -0.400. The Morgan fingerprint density at radius 2 is 1.88 bits per heavy atom. The molecule has 3 nitrogen and oxygen atoms in total. The molecule has 0 heterocycles. The van der Waals surface area contributed by atoms with Crippen molar-refractivity contribution in [3.8, 4) is 0 Å². The first-order valence-corrected chi connectivity index (χ1v) is 4.90. The van der Waals surface area contributed by atoms with Crippen LogP contribution in [-0.2, 0) is 9.47 Å². The second-order valence-corrected chi connectivity index (χ2v) is 3.29. The number of nitrogens with one attached hydrogen (secondary N) is 1. The van der Waals surface area contributed by atoms with Crippen molar-refractivity contribution in [2.75, 3.05) is 33.5 Å². The molecule has 0 bridgehead atoms. The molecule has 0 aliphatic rings. The summed E-state index contributed by atoms with van der Waals surface area (Å²) < 4.78 is 57.8. The lowest BCUT2D eigenvalue weighted by Gasteiger charge is -2.19. The third-order valence-corrected chi connectivity index (χ3v) is 1.79. The molecule has 0 aliphatic heterocycles. The molecule has 1 unspecified atom stereocenters. The maximum Gasteiger partial charge on any atom is 0.330 e. The van der Waals surface area contributed by atoms with E-state index in [0.717, 1.165) is 0 Å². The average Bonchev–Trinajstić information content (AvgIpc) is 2.17. The summed E-state index contributed by atoms with van der Waals surface area (Å²) in [6, 6.07) is -0.275. The van der Waals surface area contributed by atoms with Gasteiger partial charge in [0.2, 0.25) is 0 Å². The van der Waals surface area contributed by atoms with Gasteiger partial charge in [0.1, 0.15) is 6.61 Å². The molecule has 0 aromatic heterocycles. The highest BCUT2D eigenvalue weighted by molar-refractivity contribution is 4.70. The molecule has 0 rings (SSSR count). The molecule has 1 atom stereocenters. The van der Waals surface area contributed by atoms with Gasteiger partial charge in [-0.25, -0.2) is 8.78 Å². The van der Waals surface area contributed by atoms with E-state index in [1.807, 2.05) is 6.92 Å². The van der Waals surface area contributed by atoms with Crippen LogP contribution in [0.3, 0.4) is 0 Å². The number of halogens is 4. The third kappa shape index (κ3) is 6.24. The molecule has 0 aromatic carbocycles. The van der Waals surface area contributed by atoms with Crippen LogP contribution >= 0.6 is 0 Å². The Morgan fingerprint density at radius 3 is 2.31 bits per heavy atom. The summed E-state index contributed by atoms with van der Waals surface area (Å²) >= 11 is 0. The summed E-state index contributed by atoms with van der Waals surface area (Å²) in [4.78, 5) is 0. The fraction of sp³-hybridized carbons (Fsp3) is 1.00. The Bertz CT molecular complexity index is 175. The molecular weight excluding hydrogens is 230 g/mol. The summed E-state index contributed by atoms with van der Waals surface area (Å²) in [5, 5.41) is 2.92. The lowest BCUT2D eigenvalue weighted by atomic mass is 10.3. The molecule has 16 heavy (non-hydrogen) atoms. The third-order valence-electron chi connectivity index (χ3n) is 1.79. The number of ether oxygens (including phenoxy) is 2. The van der Waals surface area contributed by atoms with Crippen LogP contribution in [0.1, 0.15) is 6.92 Å². The van der Waals surface area contributed by atoms with E-state index in [9.17, 15) is 17.6 Å². The van der Waals surface area contributed by atoms with Crippen molar-refractivity contribution in [2.24, 2.45) is 0 Å². The van der Waals surface area contributed by atoms with E-state index in [-0.39, 0.29) is 19.3 Å². The number of hydrogen-bond donors (Lipinski definition) is 1. The molecule has 7 heteroatoms. The first-order chi connectivity index (χ1) is 7.44. The van der Waals surface area contributed by atoms with Gasteiger partial charge < -0.3 is 14.8 Å². The smallest absolute Gasteiger partial charge is 0.330 e. The maximum atomic E-state index is 12.4. The molecule has 0 saturated carbocycles. The quantitative estimate of drug-likeness (QED) is 0.627. The minimum atomic E-state index is -4.09. The summed E-state index contributed by atoms with van der Waals surface area (Å²) in [5.74, 6) is -4.09. The summed E-state index contributed by atoms with van der Waals surface area (Å²) in [6.07, 6.45) is -3.70. The van der Waals surface area contributed by atoms with Crippen molar-refractivity contribution in [3.63, 3.8) is 0 Å². The first-order valence-electron chi connectivity index (χ1n) is 4.90. The number of hydrogen-bond acceptors (Lipinski definition) is 3. The number of rotatable bonds is 9. The first kappa shape index (κ1) is 15.6. The molecule has 0 aliphatic carbocycles. The summed E-state index contributed by atoms with van der Waals surface area (Å²) in [7, 11) is 1.46. The van der Waals surface area contributed by atoms with Crippen LogP contribution in [0.15, 0.2) is 0 Å². The van der Waals surface area contributed by atoms with E-state index < -0.39 is 19.0 Å². The standard InChI is InChI=1S/C9H17F4NO2/c1-3-14-7(4-15-2)5-16-6-9(12,13)8(10)11/h7-8,14H,3-6H2,1-2H3. The van der Waals surface area contributed by atoms with Crippen LogP contribution in [0.25, 0.3) is 0 Å². The van der Waals surface area contributed by atoms with Crippen LogP contribution in [0.5, 0.6) is 0 Å². The van der Waals surface area contributed by atoms with Crippen molar-refractivity contribution in [1.29, 1.82) is 0 Å².